The Kier molecular flexibility index (Phi) is 6.65. The summed E-state index contributed by atoms with van der Waals surface area (Å²) in [6.07, 6.45) is 2.63. The van der Waals surface area contributed by atoms with E-state index in [9.17, 15) is 4.79 Å². The SMILES string of the molecule is CC(C)Oc1ncccc1NC(=O)N1CCCN(Cc2ccccc2)CC1. The maximum absolute atomic E-state index is 12.7. The van der Waals surface area contributed by atoms with E-state index in [1.165, 1.54) is 5.56 Å². The number of ether oxygens (including phenoxy) is 1. The van der Waals surface area contributed by atoms with E-state index < -0.39 is 0 Å². The van der Waals surface area contributed by atoms with Gasteiger partial charge < -0.3 is 15.0 Å². The Morgan fingerprint density at radius 3 is 2.70 bits per heavy atom. The highest BCUT2D eigenvalue weighted by Gasteiger charge is 2.20. The lowest BCUT2D eigenvalue weighted by molar-refractivity contribution is 0.210. The van der Waals surface area contributed by atoms with Crippen molar-refractivity contribution in [2.75, 3.05) is 31.5 Å². The van der Waals surface area contributed by atoms with Gasteiger partial charge in [-0.2, -0.15) is 0 Å². The molecule has 0 saturated carbocycles. The van der Waals surface area contributed by atoms with Crippen molar-refractivity contribution >= 4 is 11.7 Å². The third-order valence-electron chi connectivity index (χ3n) is 4.48. The van der Waals surface area contributed by atoms with Gasteiger partial charge in [0.1, 0.15) is 5.69 Å². The lowest BCUT2D eigenvalue weighted by Gasteiger charge is -2.23. The molecule has 1 aromatic heterocycles. The number of aromatic nitrogens is 1. The number of urea groups is 1. The molecule has 1 aliphatic heterocycles. The van der Waals surface area contributed by atoms with E-state index in [0.29, 0.717) is 18.1 Å². The van der Waals surface area contributed by atoms with Crippen LogP contribution in [0, 0.1) is 0 Å². The number of carbonyl (C=O) groups is 1. The van der Waals surface area contributed by atoms with Crippen LogP contribution in [0.15, 0.2) is 48.7 Å². The molecule has 6 nitrogen and oxygen atoms in total. The van der Waals surface area contributed by atoms with Crippen LogP contribution < -0.4 is 10.1 Å². The van der Waals surface area contributed by atoms with Crippen LogP contribution in [0.3, 0.4) is 0 Å². The molecule has 1 aliphatic rings. The van der Waals surface area contributed by atoms with Crippen molar-refractivity contribution in [2.24, 2.45) is 0 Å². The Morgan fingerprint density at radius 1 is 1.11 bits per heavy atom. The Balaban J connectivity index is 1.57. The number of benzene rings is 1. The molecule has 0 unspecified atom stereocenters. The van der Waals surface area contributed by atoms with Gasteiger partial charge in [0.25, 0.3) is 0 Å². The van der Waals surface area contributed by atoms with Gasteiger partial charge in [-0.05, 0) is 38.0 Å². The fourth-order valence-corrected chi connectivity index (χ4v) is 3.17. The smallest absolute Gasteiger partial charge is 0.322 e. The molecule has 1 N–H and O–H groups in total. The summed E-state index contributed by atoms with van der Waals surface area (Å²) in [7, 11) is 0. The van der Waals surface area contributed by atoms with Crippen molar-refractivity contribution in [3.05, 3.63) is 54.2 Å². The van der Waals surface area contributed by atoms with Crippen LogP contribution in [0.4, 0.5) is 10.5 Å². The molecule has 0 spiro atoms. The number of hydrogen-bond donors (Lipinski definition) is 1. The number of nitrogens with zero attached hydrogens (tertiary/aromatic N) is 3. The lowest BCUT2D eigenvalue weighted by atomic mass is 10.2. The first-order valence-corrected chi connectivity index (χ1v) is 9.55. The summed E-state index contributed by atoms with van der Waals surface area (Å²) >= 11 is 0. The number of anilines is 1. The van der Waals surface area contributed by atoms with E-state index in [0.717, 1.165) is 32.6 Å². The van der Waals surface area contributed by atoms with Gasteiger partial charge in [0.2, 0.25) is 5.88 Å². The Bertz CT molecular complexity index is 736. The van der Waals surface area contributed by atoms with E-state index in [-0.39, 0.29) is 12.1 Å². The summed E-state index contributed by atoms with van der Waals surface area (Å²) in [5.74, 6) is 0.460. The maximum atomic E-state index is 12.7. The predicted octanol–water partition coefficient (Wildman–Crippen LogP) is 3.61. The van der Waals surface area contributed by atoms with Gasteiger partial charge in [-0.3, -0.25) is 4.90 Å². The highest BCUT2D eigenvalue weighted by atomic mass is 16.5. The Labute approximate surface area is 161 Å². The molecule has 0 bridgehead atoms. The van der Waals surface area contributed by atoms with Crippen LogP contribution in [0.2, 0.25) is 0 Å². The van der Waals surface area contributed by atoms with Gasteiger partial charge in [-0.25, -0.2) is 9.78 Å². The molecule has 1 saturated heterocycles. The maximum Gasteiger partial charge on any atom is 0.322 e. The highest BCUT2D eigenvalue weighted by Crippen LogP contribution is 2.22. The van der Waals surface area contributed by atoms with Crippen molar-refractivity contribution in [2.45, 2.75) is 32.9 Å². The van der Waals surface area contributed by atoms with Gasteiger partial charge in [-0.15, -0.1) is 0 Å². The summed E-state index contributed by atoms with van der Waals surface area (Å²) in [5, 5.41) is 2.96. The molecule has 2 aromatic rings. The lowest BCUT2D eigenvalue weighted by Crippen LogP contribution is -2.38. The number of carbonyl (C=O) groups excluding carboxylic acids is 1. The fraction of sp³-hybridized carbons (Fsp3) is 0.429. The standard InChI is InChI=1S/C21H28N4O2/c1-17(2)27-20-19(10-6-11-22-20)23-21(26)25-13-7-12-24(14-15-25)16-18-8-4-3-5-9-18/h3-6,8-11,17H,7,12-16H2,1-2H3,(H,23,26). The number of rotatable bonds is 5. The van der Waals surface area contributed by atoms with Crippen LogP contribution in [-0.4, -0.2) is 53.1 Å². The number of amides is 2. The third kappa shape index (κ3) is 5.69. The van der Waals surface area contributed by atoms with Crippen LogP contribution in [-0.2, 0) is 6.54 Å². The molecule has 1 fully saturated rings. The molecule has 0 atom stereocenters. The zero-order valence-electron chi connectivity index (χ0n) is 16.1. The van der Waals surface area contributed by atoms with E-state index >= 15 is 0 Å². The fourth-order valence-electron chi connectivity index (χ4n) is 3.17. The Hall–Kier alpha value is -2.60. The molecule has 2 amide bonds. The minimum Gasteiger partial charge on any atom is -0.473 e. The van der Waals surface area contributed by atoms with Crippen molar-refractivity contribution in [3.8, 4) is 5.88 Å². The van der Waals surface area contributed by atoms with Crippen LogP contribution in [0.5, 0.6) is 5.88 Å². The van der Waals surface area contributed by atoms with Crippen molar-refractivity contribution < 1.29 is 9.53 Å². The quantitative estimate of drug-likeness (QED) is 0.876. The first kappa shape index (κ1) is 19.2. The molecule has 3 rings (SSSR count). The second-order valence-corrected chi connectivity index (χ2v) is 7.06. The average Bonchev–Trinajstić information content (AvgIpc) is 2.89. The summed E-state index contributed by atoms with van der Waals surface area (Å²) in [4.78, 5) is 21.2. The van der Waals surface area contributed by atoms with Gasteiger partial charge >= 0.3 is 6.03 Å². The molecule has 27 heavy (non-hydrogen) atoms. The molecule has 2 heterocycles. The van der Waals surface area contributed by atoms with Gasteiger partial charge in [-0.1, -0.05) is 30.3 Å². The molecular weight excluding hydrogens is 340 g/mol. The molecule has 0 radical (unpaired) electrons. The van der Waals surface area contributed by atoms with Crippen LogP contribution in [0.1, 0.15) is 25.8 Å². The van der Waals surface area contributed by atoms with E-state index in [1.807, 2.05) is 30.9 Å². The topological polar surface area (TPSA) is 57.7 Å². The summed E-state index contributed by atoms with van der Waals surface area (Å²) in [6.45, 7) is 8.12. The van der Waals surface area contributed by atoms with E-state index in [1.54, 1.807) is 12.3 Å². The van der Waals surface area contributed by atoms with Gasteiger partial charge in [0.05, 0.1) is 6.10 Å². The Morgan fingerprint density at radius 2 is 1.93 bits per heavy atom. The highest BCUT2D eigenvalue weighted by molar-refractivity contribution is 5.90. The number of hydrogen-bond acceptors (Lipinski definition) is 4. The summed E-state index contributed by atoms with van der Waals surface area (Å²) in [6, 6.07) is 14.0. The second-order valence-electron chi connectivity index (χ2n) is 7.06. The largest absolute Gasteiger partial charge is 0.473 e. The van der Waals surface area contributed by atoms with Gasteiger partial charge in [0, 0.05) is 38.9 Å². The molecule has 6 heteroatoms. The van der Waals surface area contributed by atoms with Crippen molar-refractivity contribution in [1.29, 1.82) is 0 Å². The van der Waals surface area contributed by atoms with Crippen molar-refractivity contribution in [3.63, 3.8) is 0 Å². The molecule has 1 aromatic carbocycles. The summed E-state index contributed by atoms with van der Waals surface area (Å²) in [5.41, 5.74) is 1.92. The molecule has 0 aliphatic carbocycles. The molecular formula is C21H28N4O2. The first-order chi connectivity index (χ1) is 13.1. The van der Waals surface area contributed by atoms with Crippen LogP contribution >= 0.6 is 0 Å². The van der Waals surface area contributed by atoms with Gasteiger partial charge in [0.15, 0.2) is 0 Å². The zero-order valence-corrected chi connectivity index (χ0v) is 16.1. The van der Waals surface area contributed by atoms with E-state index in [2.05, 4.69) is 39.5 Å². The van der Waals surface area contributed by atoms with Crippen molar-refractivity contribution in [1.82, 2.24) is 14.8 Å². The minimum atomic E-state index is -0.0989. The third-order valence-corrected chi connectivity index (χ3v) is 4.48. The number of nitrogens with one attached hydrogen (secondary N) is 1. The zero-order chi connectivity index (χ0) is 19.1. The monoisotopic (exact) mass is 368 g/mol. The number of pyridine rings is 1. The second kappa shape index (κ2) is 9.37. The van der Waals surface area contributed by atoms with Crippen LogP contribution in [0.25, 0.3) is 0 Å². The van der Waals surface area contributed by atoms with E-state index in [4.69, 9.17) is 4.74 Å². The summed E-state index contributed by atoms with van der Waals surface area (Å²) < 4.78 is 5.69. The minimum absolute atomic E-state index is 0.000262. The average molecular weight is 368 g/mol. The predicted molar refractivity (Wildman–Crippen MR) is 107 cm³/mol. The normalized spacial score (nSPS) is 15.4. The molecule has 144 valence electrons. The first-order valence-electron chi connectivity index (χ1n) is 9.55.